The molecular formula is C18H17N3O2. The minimum Gasteiger partial charge on any atom is -0.493 e. The number of aliphatic imine (C=N–C) groups is 1. The summed E-state index contributed by atoms with van der Waals surface area (Å²) in [6.07, 6.45) is 0.845. The minimum atomic E-state index is -1.11. The van der Waals surface area contributed by atoms with Crippen LogP contribution in [0.25, 0.3) is 0 Å². The second-order valence-electron chi connectivity index (χ2n) is 5.83. The number of hydrogen-bond acceptors (Lipinski definition) is 4. The zero-order valence-electron chi connectivity index (χ0n) is 12.8. The van der Waals surface area contributed by atoms with Crippen LogP contribution in [-0.4, -0.2) is 30.4 Å². The summed E-state index contributed by atoms with van der Waals surface area (Å²) in [5.41, 5.74) is 7.59. The van der Waals surface area contributed by atoms with Gasteiger partial charge in [0, 0.05) is 13.5 Å². The van der Waals surface area contributed by atoms with Crippen LogP contribution in [0.2, 0.25) is 0 Å². The zero-order chi connectivity index (χ0) is 16.0. The highest BCUT2D eigenvalue weighted by Crippen LogP contribution is 2.41. The van der Waals surface area contributed by atoms with Crippen LogP contribution in [0.4, 0.5) is 0 Å². The number of fused-ring (bicyclic) bond motifs is 1. The molecule has 1 unspecified atom stereocenters. The lowest BCUT2D eigenvalue weighted by Crippen LogP contribution is -2.41. The monoisotopic (exact) mass is 307 g/mol. The van der Waals surface area contributed by atoms with Crippen LogP contribution in [-0.2, 0) is 16.8 Å². The average molecular weight is 307 g/mol. The second kappa shape index (κ2) is 4.84. The molecule has 2 N–H and O–H groups in total. The number of carbonyl (C=O) groups excluding carboxylic acids is 1. The first-order chi connectivity index (χ1) is 11.1. The van der Waals surface area contributed by atoms with Gasteiger partial charge in [-0.2, -0.15) is 0 Å². The Labute approximate surface area is 134 Å². The lowest BCUT2D eigenvalue weighted by Gasteiger charge is -2.26. The van der Waals surface area contributed by atoms with Gasteiger partial charge in [0.1, 0.15) is 5.75 Å². The molecule has 1 atom stereocenters. The number of rotatable bonds is 2. The molecule has 4 rings (SSSR count). The van der Waals surface area contributed by atoms with E-state index in [9.17, 15) is 4.79 Å². The molecule has 2 heterocycles. The molecule has 5 nitrogen and oxygen atoms in total. The largest absolute Gasteiger partial charge is 0.493 e. The summed E-state index contributed by atoms with van der Waals surface area (Å²) in [5, 5.41) is 0. The Balaban J connectivity index is 1.96. The molecule has 0 fully saturated rings. The van der Waals surface area contributed by atoms with Crippen molar-refractivity contribution in [3.05, 3.63) is 65.2 Å². The van der Waals surface area contributed by atoms with Gasteiger partial charge in [0.05, 0.1) is 6.61 Å². The zero-order valence-corrected chi connectivity index (χ0v) is 12.8. The van der Waals surface area contributed by atoms with Gasteiger partial charge >= 0.3 is 0 Å². The van der Waals surface area contributed by atoms with Crippen molar-refractivity contribution in [2.45, 2.75) is 12.0 Å². The molecule has 0 radical (unpaired) electrons. The molecule has 2 aromatic carbocycles. The van der Waals surface area contributed by atoms with Crippen LogP contribution in [0.5, 0.6) is 5.75 Å². The molecular weight excluding hydrogens is 290 g/mol. The molecule has 1 amide bonds. The van der Waals surface area contributed by atoms with Gasteiger partial charge in [-0.15, -0.1) is 0 Å². The molecule has 2 aliphatic rings. The fourth-order valence-corrected chi connectivity index (χ4v) is 3.28. The lowest BCUT2D eigenvalue weighted by molar-refractivity contribution is -0.129. The highest BCUT2D eigenvalue weighted by Gasteiger charge is 2.49. The molecule has 116 valence electrons. The lowest BCUT2D eigenvalue weighted by atomic mass is 9.82. The van der Waals surface area contributed by atoms with Gasteiger partial charge < -0.3 is 10.5 Å². The number of hydrogen-bond donors (Lipinski definition) is 1. The molecule has 0 aliphatic carbocycles. The van der Waals surface area contributed by atoms with E-state index in [0.717, 1.165) is 28.9 Å². The maximum Gasteiger partial charge on any atom is 0.266 e. The third-order valence-corrected chi connectivity index (χ3v) is 4.54. The Kier molecular flexibility index (Phi) is 2.91. The summed E-state index contributed by atoms with van der Waals surface area (Å²) in [6.45, 7) is 0.677. The smallest absolute Gasteiger partial charge is 0.266 e. The number of carbonyl (C=O) groups is 1. The van der Waals surface area contributed by atoms with E-state index < -0.39 is 5.54 Å². The van der Waals surface area contributed by atoms with Crippen molar-refractivity contribution in [3.63, 3.8) is 0 Å². The molecule has 5 heteroatoms. The summed E-state index contributed by atoms with van der Waals surface area (Å²) in [6, 6.07) is 15.4. The first-order valence-corrected chi connectivity index (χ1v) is 7.58. The molecule has 23 heavy (non-hydrogen) atoms. The van der Waals surface area contributed by atoms with E-state index in [2.05, 4.69) is 4.99 Å². The van der Waals surface area contributed by atoms with Crippen molar-refractivity contribution >= 4 is 11.9 Å². The Bertz CT molecular complexity index is 816. The highest BCUT2D eigenvalue weighted by molar-refractivity contribution is 6.08. The predicted octanol–water partition coefficient (Wildman–Crippen LogP) is 1.65. The number of benzene rings is 2. The normalized spacial score (nSPS) is 22.7. The summed E-state index contributed by atoms with van der Waals surface area (Å²) in [7, 11) is 1.66. The number of ether oxygens (including phenoxy) is 1. The SMILES string of the molecule is CN1C(=O)C(c2ccccc2)(c2ccc3c(c2)CCO3)N=C1N. The van der Waals surface area contributed by atoms with Crippen molar-refractivity contribution < 1.29 is 9.53 Å². The molecule has 0 aromatic heterocycles. The predicted molar refractivity (Wildman–Crippen MR) is 87.3 cm³/mol. The van der Waals surface area contributed by atoms with E-state index in [1.54, 1.807) is 7.05 Å². The van der Waals surface area contributed by atoms with Gasteiger partial charge in [-0.05, 0) is 28.8 Å². The molecule has 0 bridgehead atoms. The molecule has 2 aromatic rings. The van der Waals surface area contributed by atoms with Gasteiger partial charge in [-0.3, -0.25) is 9.69 Å². The number of amides is 1. The first-order valence-electron chi connectivity index (χ1n) is 7.58. The molecule has 0 saturated heterocycles. The summed E-state index contributed by atoms with van der Waals surface area (Å²) in [4.78, 5) is 19.0. The van der Waals surface area contributed by atoms with Crippen LogP contribution in [0, 0.1) is 0 Å². The highest BCUT2D eigenvalue weighted by atomic mass is 16.5. The van der Waals surface area contributed by atoms with Gasteiger partial charge in [-0.1, -0.05) is 36.4 Å². The van der Waals surface area contributed by atoms with E-state index >= 15 is 0 Å². The van der Waals surface area contributed by atoms with Gasteiger partial charge in [0.25, 0.3) is 5.91 Å². The van der Waals surface area contributed by atoms with Crippen molar-refractivity contribution in [1.82, 2.24) is 4.90 Å². The van der Waals surface area contributed by atoms with E-state index in [-0.39, 0.29) is 11.9 Å². The minimum absolute atomic E-state index is 0.139. The van der Waals surface area contributed by atoms with Crippen LogP contribution in [0.15, 0.2) is 53.5 Å². The molecule has 0 saturated carbocycles. The fraction of sp³-hybridized carbons (Fsp3) is 0.222. The summed E-state index contributed by atoms with van der Waals surface area (Å²) in [5.74, 6) is 0.975. The first kappa shape index (κ1) is 13.8. The third kappa shape index (κ3) is 1.86. The van der Waals surface area contributed by atoms with E-state index in [1.165, 1.54) is 4.90 Å². The number of nitrogens with zero attached hydrogens (tertiary/aromatic N) is 2. The Morgan fingerprint density at radius 2 is 1.96 bits per heavy atom. The van der Waals surface area contributed by atoms with Crippen LogP contribution in [0.1, 0.15) is 16.7 Å². The van der Waals surface area contributed by atoms with Crippen LogP contribution >= 0.6 is 0 Å². The summed E-state index contributed by atoms with van der Waals surface area (Å²) >= 11 is 0. The molecule has 0 spiro atoms. The maximum atomic E-state index is 13.0. The second-order valence-corrected chi connectivity index (χ2v) is 5.83. The van der Waals surface area contributed by atoms with Gasteiger partial charge in [-0.25, -0.2) is 4.99 Å². The quantitative estimate of drug-likeness (QED) is 0.917. The summed E-state index contributed by atoms with van der Waals surface area (Å²) < 4.78 is 5.57. The standard InChI is InChI=1S/C18H17N3O2/c1-21-16(22)18(20-17(21)19,13-5-3-2-4-6-13)14-7-8-15-12(11-14)9-10-23-15/h2-8,11H,9-10H2,1H3,(H2,19,20). The van der Waals surface area contributed by atoms with Crippen LogP contribution < -0.4 is 10.5 Å². The van der Waals surface area contributed by atoms with Gasteiger partial charge in [0.15, 0.2) is 11.5 Å². The topological polar surface area (TPSA) is 67.9 Å². The Morgan fingerprint density at radius 1 is 1.17 bits per heavy atom. The van der Waals surface area contributed by atoms with E-state index in [0.29, 0.717) is 6.61 Å². The number of likely N-dealkylation sites (N-methyl/N-ethyl adjacent to an activating group) is 1. The van der Waals surface area contributed by atoms with E-state index in [4.69, 9.17) is 10.5 Å². The average Bonchev–Trinajstić information content (AvgIpc) is 3.14. The fourth-order valence-electron chi connectivity index (χ4n) is 3.28. The van der Waals surface area contributed by atoms with Crippen LogP contribution in [0.3, 0.4) is 0 Å². The van der Waals surface area contributed by atoms with Gasteiger partial charge in [0.2, 0.25) is 0 Å². The van der Waals surface area contributed by atoms with Crippen molar-refractivity contribution in [2.24, 2.45) is 10.7 Å². The van der Waals surface area contributed by atoms with Crippen molar-refractivity contribution in [2.75, 3.05) is 13.7 Å². The van der Waals surface area contributed by atoms with Crippen molar-refractivity contribution in [1.29, 1.82) is 0 Å². The number of guanidine groups is 1. The maximum absolute atomic E-state index is 13.0. The van der Waals surface area contributed by atoms with E-state index in [1.807, 2.05) is 48.5 Å². The molecule has 2 aliphatic heterocycles. The van der Waals surface area contributed by atoms with Crippen molar-refractivity contribution in [3.8, 4) is 5.75 Å². The Morgan fingerprint density at radius 3 is 2.65 bits per heavy atom. The number of nitrogens with two attached hydrogens (primary N) is 1. The third-order valence-electron chi connectivity index (χ3n) is 4.54. The Hall–Kier alpha value is -2.82.